The van der Waals surface area contributed by atoms with E-state index in [1.54, 1.807) is 13.8 Å². The lowest BCUT2D eigenvalue weighted by Gasteiger charge is -2.17. The van der Waals surface area contributed by atoms with Crippen LogP contribution in [0.5, 0.6) is 0 Å². The summed E-state index contributed by atoms with van der Waals surface area (Å²) in [6, 6.07) is 3.82. The van der Waals surface area contributed by atoms with Crippen molar-refractivity contribution in [2.75, 3.05) is 18.5 Å². The zero-order valence-electron chi connectivity index (χ0n) is 14.2. The summed E-state index contributed by atoms with van der Waals surface area (Å²) in [6.07, 6.45) is 0. The van der Waals surface area contributed by atoms with Gasteiger partial charge < -0.3 is 14.8 Å². The average molecular weight is 321 g/mol. The number of amides is 1. The van der Waals surface area contributed by atoms with Gasteiger partial charge in [0.25, 0.3) is 0 Å². The molecule has 0 bridgehead atoms. The van der Waals surface area contributed by atoms with Gasteiger partial charge in [-0.2, -0.15) is 0 Å². The lowest BCUT2D eigenvalue weighted by atomic mass is 10.0. The summed E-state index contributed by atoms with van der Waals surface area (Å²) in [4.78, 5) is 36.3. The Hall–Kier alpha value is -2.37. The van der Waals surface area contributed by atoms with Crippen LogP contribution in [0.25, 0.3) is 0 Å². The number of carbonyl (C=O) groups excluding carboxylic acids is 3. The maximum absolute atomic E-state index is 12.4. The number of hydrogen-bond acceptors (Lipinski definition) is 5. The summed E-state index contributed by atoms with van der Waals surface area (Å²) in [6.45, 7) is 9.00. The highest BCUT2D eigenvalue weighted by molar-refractivity contribution is 6.18. The van der Waals surface area contributed by atoms with Crippen LogP contribution < -0.4 is 5.32 Å². The Labute approximate surface area is 136 Å². The molecular formula is C17H23NO5. The van der Waals surface area contributed by atoms with Gasteiger partial charge in [0.2, 0.25) is 11.8 Å². The molecule has 1 rings (SSSR count). The number of hydrogen-bond donors (Lipinski definition) is 1. The predicted molar refractivity (Wildman–Crippen MR) is 86.0 cm³/mol. The van der Waals surface area contributed by atoms with E-state index in [2.05, 4.69) is 5.32 Å². The number of carbonyl (C=O) groups is 3. The van der Waals surface area contributed by atoms with Gasteiger partial charge in [-0.3, -0.25) is 14.4 Å². The van der Waals surface area contributed by atoms with E-state index in [1.165, 1.54) is 0 Å². The van der Waals surface area contributed by atoms with E-state index in [0.29, 0.717) is 5.69 Å². The van der Waals surface area contributed by atoms with E-state index in [1.807, 2.05) is 32.9 Å². The van der Waals surface area contributed by atoms with Crippen LogP contribution in [0, 0.1) is 26.7 Å². The van der Waals surface area contributed by atoms with Crippen molar-refractivity contribution in [3.05, 3.63) is 28.8 Å². The van der Waals surface area contributed by atoms with Crippen LogP contribution in [0.3, 0.4) is 0 Å². The minimum atomic E-state index is -1.63. The van der Waals surface area contributed by atoms with Crippen molar-refractivity contribution in [2.24, 2.45) is 5.92 Å². The van der Waals surface area contributed by atoms with Gasteiger partial charge in [0.05, 0.1) is 13.2 Å². The monoisotopic (exact) mass is 321 g/mol. The van der Waals surface area contributed by atoms with Crippen LogP contribution in [0.2, 0.25) is 0 Å². The first kappa shape index (κ1) is 18.7. The molecule has 0 heterocycles. The van der Waals surface area contributed by atoms with Gasteiger partial charge in [-0.25, -0.2) is 0 Å². The second-order valence-corrected chi connectivity index (χ2v) is 5.20. The molecule has 0 atom stereocenters. The molecule has 1 aromatic rings. The van der Waals surface area contributed by atoms with Crippen LogP contribution in [0.15, 0.2) is 12.1 Å². The zero-order valence-corrected chi connectivity index (χ0v) is 14.2. The normalized spacial score (nSPS) is 10.3. The van der Waals surface area contributed by atoms with Crippen molar-refractivity contribution in [2.45, 2.75) is 34.6 Å². The molecule has 0 radical (unpaired) electrons. The maximum Gasteiger partial charge on any atom is 0.330 e. The molecule has 0 unspecified atom stereocenters. The van der Waals surface area contributed by atoms with E-state index in [0.717, 1.165) is 16.7 Å². The molecule has 0 saturated heterocycles. The highest BCUT2D eigenvalue weighted by Crippen LogP contribution is 2.23. The van der Waals surface area contributed by atoms with Gasteiger partial charge in [-0.1, -0.05) is 17.7 Å². The second kappa shape index (κ2) is 8.31. The Kier molecular flexibility index (Phi) is 6.75. The molecule has 0 aliphatic carbocycles. The van der Waals surface area contributed by atoms with Crippen LogP contribution in [-0.4, -0.2) is 31.1 Å². The van der Waals surface area contributed by atoms with Gasteiger partial charge in [-0.05, 0) is 45.7 Å². The maximum atomic E-state index is 12.4. The molecule has 0 aliphatic heterocycles. The first-order valence-corrected chi connectivity index (χ1v) is 7.53. The van der Waals surface area contributed by atoms with Gasteiger partial charge in [0, 0.05) is 5.69 Å². The standard InChI is InChI=1S/C17H23NO5/c1-6-22-16(20)13(17(21)23-7-2)15(19)18-14-11(4)8-10(3)9-12(14)5/h8-9,13H,6-7H2,1-5H3,(H,18,19). The summed E-state index contributed by atoms with van der Waals surface area (Å²) >= 11 is 0. The molecule has 0 fully saturated rings. The lowest BCUT2D eigenvalue weighted by molar-refractivity contribution is -0.163. The molecule has 0 spiro atoms. The molecule has 1 aromatic carbocycles. The smallest absolute Gasteiger partial charge is 0.330 e. The first-order chi connectivity index (χ1) is 10.8. The average Bonchev–Trinajstić information content (AvgIpc) is 2.43. The molecule has 0 aliphatic rings. The van der Waals surface area contributed by atoms with Crippen molar-refractivity contribution >= 4 is 23.5 Å². The summed E-state index contributed by atoms with van der Waals surface area (Å²) < 4.78 is 9.62. The quantitative estimate of drug-likeness (QED) is 0.642. The van der Waals surface area contributed by atoms with Gasteiger partial charge in [-0.15, -0.1) is 0 Å². The molecular weight excluding hydrogens is 298 g/mol. The van der Waals surface area contributed by atoms with Crippen molar-refractivity contribution in [3.63, 3.8) is 0 Å². The molecule has 23 heavy (non-hydrogen) atoms. The van der Waals surface area contributed by atoms with E-state index in [9.17, 15) is 14.4 Å². The number of rotatable bonds is 6. The second-order valence-electron chi connectivity index (χ2n) is 5.20. The number of nitrogens with one attached hydrogen (secondary N) is 1. The summed E-state index contributed by atoms with van der Waals surface area (Å²) in [5.41, 5.74) is 3.34. The minimum Gasteiger partial charge on any atom is -0.465 e. The highest BCUT2D eigenvalue weighted by atomic mass is 16.6. The predicted octanol–water partition coefficient (Wildman–Crippen LogP) is 2.29. The fourth-order valence-corrected chi connectivity index (χ4v) is 2.33. The highest BCUT2D eigenvalue weighted by Gasteiger charge is 2.37. The third kappa shape index (κ3) is 4.81. The number of esters is 2. The van der Waals surface area contributed by atoms with Crippen molar-refractivity contribution in [1.82, 2.24) is 0 Å². The SMILES string of the molecule is CCOC(=O)C(C(=O)Nc1c(C)cc(C)cc1C)C(=O)OCC. The fraction of sp³-hybridized carbons (Fsp3) is 0.471. The Morgan fingerprint density at radius 3 is 1.78 bits per heavy atom. The fourth-order valence-electron chi connectivity index (χ4n) is 2.33. The van der Waals surface area contributed by atoms with Crippen LogP contribution >= 0.6 is 0 Å². The Bertz CT molecular complexity index is 568. The summed E-state index contributed by atoms with van der Waals surface area (Å²) in [5, 5.41) is 2.64. The summed E-state index contributed by atoms with van der Waals surface area (Å²) in [5.74, 6) is -4.20. The van der Waals surface area contributed by atoms with Gasteiger partial charge >= 0.3 is 11.9 Å². The van der Waals surface area contributed by atoms with E-state index in [4.69, 9.17) is 9.47 Å². The zero-order chi connectivity index (χ0) is 17.6. The topological polar surface area (TPSA) is 81.7 Å². The van der Waals surface area contributed by atoms with Gasteiger partial charge in [0.15, 0.2) is 0 Å². The Morgan fingerprint density at radius 1 is 0.957 bits per heavy atom. The van der Waals surface area contributed by atoms with Crippen LogP contribution in [-0.2, 0) is 23.9 Å². The van der Waals surface area contributed by atoms with Crippen LogP contribution in [0.4, 0.5) is 5.69 Å². The number of aryl methyl sites for hydroxylation is 3. The van der Waals surface area contributed by atoms with Crippen molar-refractivity contribution in [3.8, 4) is 0 Å². The third-order valence-corrected chi connectivity index (χ3v) is 3.23. The molecule has 126 valence electrons. The minimum absolute atomic E-state index is 0.0740. The number of ether oxygens (including phenoxy) is 2. The van der Waals surface area contributed by atoms with E-state index < -0.39 is 23.8 Å². The Balaban J connectivity index is 3.06. The largest absolute Gasteiger partial charge is 0.465 e. The molecule has 6 heteroatoms. The lowest BCUT2D eigenvalue weighted by Crippen LogP contribution is -2.38. The van der Waals surface area contributed by atoms with E-state index >= 15 is 0 Å². The molecule has 0 aromatic heterocycles. The number of benzene rings is 1. The number of anilines is 1. The summed E-state index contributed by atoms with van der Waals surface area (Å²) in [7, 11) is 0. The molecule has 1 N–H and O–H groups in total. The van der Waals surface area contributed by atoms with Crippen molar-refractivity contribution in [1.29, 1.82) is 0 Å². The molecule has 1 amide bonds. The molecule has 0 saturated carbocycles. The first-order valence-electron chi connectivity index (χ1n) is 7.53. The third-order valence-electron chi connectivity index (χ3n) is 3.23. The van der Waals surface area contributed by atoms with Crippen molar-refractivity contribution < 1.29 is 23.9 Å². The Morgan fingerprint density at radius 2 is 1.39 bits per heavy atom. The molecule has 6 nitrogen and oxygen atoms in total. The van der Waals surface area contributed by atoms with E-state index in [-0.39, 0.29) is 13.2 Å². The van der Waals surface area contributed by atoms with Crippen LogP contribution in [0.1, 0.15) is 30.5 Å². The van der Waals surface area contributed by atoms with Gasteiger partial charge in [0.1, 0.15) is 0 Å².